The van der Waals surface area contributed by atoms with Crippen LogP contribution in [0.3, 0.4) is 0 Å². The van der Waals surface area contributed by atoms with Gasteiger partial charge in [0.2, 0.25) is 0 Å². The third-order valence-corrected chi connectivity index (χ3v) is 4.84. The fraction of sp³-hybridized carbons (Fsp3) is 1.00. The molecule has 0 radical (unpaired) electrons. The molecule has 2 rings (SSSR count). The van der Waals surface area contributed by atoms with E-state index < -0.39 is 0 Å². The van der Waals surface area contributed by atoms with Crippen molar-refractivity contribution in [3.63, 3.8) is 0 Å². The standard InChI is InChI=1S/C16H32N2O/c1-3-8-16(9-5-10-17-13-16)14-18-11-6-15(7-12-18)19-4-2/h15,17H,3-14H2,1-2H3. The van der Waals surface area contributed by atoms with E-state index in [1.165, 1.54) is 71.2 Å². The van der Waals surface area contributed by atoms with E-state index in [0.29, 0.717) is 11.5 Å². The molecule has 0 aromatic rings. The van der Waals surface area contributed by atoms with Gasteiger partial charge in [0.25, 0.3) is 0 Å². The number of hydrogen-bond donors (Lipinski definition) is 1. The predicted molar refractivity (Wildman–Crippen MR) is 80.5 cm³/mol. The molecule has 2 fully saturated rings. The number of piperidine rings is 2. The summed E-state index contributed by atoms with van der Waals surface area (Å²) in [6.45, 7) is 11.5. The van der Waals surface area contributed by atoms with Gasteiger partial charge in [-0.25, -0.2) is 0 Å². The Hall–Kier alpha value is -0.120. The van der Waals surface area contributed by atoms with Crippen molar-refractivity contribution in [1.29, 1.82) is 0 Å². The number of rotatable bonds is 6. The molecule has 0 aromatic carbocycles. The highest BCUT2D eigenvalue weighted by Crippen LogP contribution is 2.33. The van der Waals surface area contributed by atoms with Crippen LogP contribution < -0.4 is 5.32 Å². The van der Waals surface area contributed by atoms with Crippen molar-refractivity contribution in [2.75, 3.05) is 39.3 Å². The fourth-order valence-corrected chi connectivity index (χ4v) is 3.93. The highest BCUT2D eigenvalue weighted by atomic mass is 16.5. The van der Waals surface area contributed by atoms with Gasteiger partial charge in [-0.3, -0.25) is 0 Å². The normalized spacial score (nSPS) is 30.6. The van der Waals surface area contributed by atoms with Crippen molar-refractivity contribution < 1.29 is 4.74 Å². The maximum atomic E-state index is 5.75. The van der Waals surface area contributed by atoms with Crippen molar-refractivity contribution >= 4 is 0 Å². The van der Waals surface area contributed by atoms with Crippen LogP contribution in [0.1, 0.15) is 52.4 Å². The van der Waals surface area contributed by atoms with Crippen LogP contribution in [0.5, 0.6) is 0 Å². The smallest absolute Gasteiger partial charge is 0.0599 e. The van der Waals surface area contributed by atoms with Gasteiger partial charge >= 0.3 is 0 Å². The maximum absolute atomic E-state index is 5.75. The second-order valence-corrected chi connectivity index (χ2v) is 6.46. The summed E-state index contributed by atoms with van der Waals surface area (Å²) >= 11 is 0. The number of hydrogen-bond acceptors (Lipinski definition) is 3. The van der Waals surface area contributed by atoms with E-state index >= 15 is 0 Å². The van der Waals surface area contributed by atoms with Crippen molar-refractivity contribution in [2.45, 2.75) is 58.5 Å². The van der Waals surface area contributed by atoms with Gasteiger partial charge in [-0.1, -0.05) is 13.3 Å². The third kappa shape index (κ3) is 4.44. The molecule has 2 heterocycles. The zero-order valence-corrected chi connectivity index (χ0v) is 12.9. The molecule has 2 aliphatic rings. The molecular weight excluding hydrogens is 236 g/mol. The van der Waals surface area contributed by atoms with E-state index in [1.54, 1.807) is 0 Å². The van der Waals surface area contributed by atoms with E-state index in [0.717, 1.165) is 6.61 Å². The zero-order chi connectivity index (χ0) is 13.6. The Balaban J connectivity index is 1.81. The highest BCUT2D eigenvalue weighted by molar-refractivity contribution is 4.89. The van der Waals surface area contributed by atoms with Crippen molar-refractivity contribution in [1.82, 2.24) is 10.2 Å². The van der Waals surface area contributed by atoms with Gasteiger partial charge in [0.15, 0.2) is 0 Å². The highest BCUT2D eigenvalue weighted by Gasteiger charge is 2.34. The second kappa shape index (κ2) is 7.61. The molecule has 1 unspecified atom stereocenters. The van der Waals surface area contributed by atoms with E-state index in [-0.39, 0.29) is 0 Å². The average molecular weight is 268 g/mol. The Morgan fingerprint density at radius 1 is 1.26 bits per heavy atom. The molecule has 0 bridgehead atoms. The monoisotopic (exact) mass is 268 g/mol. The fourth-order valence-electron chi connectivity index (χ4n) is 3.93. The van der Waals surface area contributed by atoms with Crippen LogP contribution in [0.4, 0.5) is 0 Å². The maximum Gasteiger partial charge on any atom is 0.0599 e. The number of likely N-dealkylation sites (tertiary alicyclic amines) is 1. The SMILES string of the molecule is CCCC1(CN2CCC(OCC)CC2)CCCNC1. The molecule has 0 saturated carbocycles. The molecule has 0 spiro atoms. The van der Waals surface area contributed by atoms with Gasteiger partial charge in [-0.2, -0.15) is 0 Å². The Labute approximate surface area is 119 Å². The Bertz CT molecular complexity index is 238. The number of ether oxygens (including phenoxy) is 1. The molecule has 112 valence electrons. The lowest BCUT2D eigenvalue weighted by Gasteiger charge is -2.43. The quantitative estimate of drug-likeness (QED) is 0.801. The van der Waals surface area contributed by atoms with E-state index in [4.69, 9.17) is 4.74 Å². The molecule has 1 N–H and O–H groups in total. The first-order chi connectivity index (χ1) is 9.28. The van der Waals surface area contributed by atoms with Crippen LogP contribution in [0, 0.1) is 5.41 Å². The first-order valence-corrected chi connectivity index (χ1v) is 8.33. The largest absolute Gasteiger partial charge is 0.378 e. The van der Waals surface area contributed by atoms with Crippen LogP contribution in [0.2, 0.25) is 0 Å². The van der Waals surface area contributed by atoms with Gasteiger partial charge in [0, 0.05) is 32.8 Å². The summed E-state index contributed by atoms with van der Waals surface area (Å²) in [6.07, 6.45) is 8.44. The molecule has 1 atom stereocenters. The predicted octanol–water partition coefficient (Wildman–Crippen LogP) is 2.66. The van der Waals surface area contributed by atoms with Crippen LogP contribution in [-0.2, 0) is 4.74 Å². The molecule has 0 amide bonds. The first kappa shape index (κ1) is 15.3. The molecule has 0 aliphatic carbocycles. The van der Waals surface area contributed by atoms with Crippen LogP contribution >= 0.6 is 0 Å². The lowest BCUT2D eigenvalue weighted by atomic mass is 9.76. The average Bonchev–Trinajstić information content (AvgIpc) is 2.43. The van der Waals surface area contributed by atoms with Crippen molar-refractivity contribution in [2.24, 2.45) is 5.41 Å². The molecule has 19 heavy (non-hydrogen) atoms. The second-order valence-electron chi connectivity index (χ2n) is 6.46. The summed E-state index contributed by atoms with van der Waals surface area (Å²) in [7, 11) is 0. The Morgan fingerprint density at radius 3 is 2.63 bits per heavy atom. The summed E-state index contributed by atoms with van der Waals surface area (Å²) in [6, 6.07) is 0. The van der Waals surface area contributed by atoms with Crippen molar-refractivity contribution in [3.05, 3.63) is 0 Å². The molecular formula is C16H32N2O. The summed E-state index contributed by atoms with van der Waals surface area (Å²) in [5.74, 6) is 0. The van der Waals surface area contributed by atoms with Gasteiger partial charge in [-0.05, 0) is 51.0 Å². The Morgan fingerprint density at radius 2 is 2.05 bits per heavy atom. The summed E-state index contributed by atoms with van der Waals surface area (Å²) in [5, 5.41) is 3.63. The molecule has 2 saturated heterocycles. The van der Waals surface area contributed by atoms with E-state index in [2.05, 4.69) is 24.1 Å². The van der Waals surface area contributed by atoms with Gasteiger partial charge in [-0.15, -0.1) is 0 Å². The number of nitrogens with one attached hydrogen (secondary N) is 1. The van der Waals surface area contributed by atoms with Crippen molar-refractivity contribution in [3.8, 4) is 0 Å². The topological polar surface area (TPSA) is 24.5 Å². The number of nitrogens with zero attached hydrogens (tertiary/aromatic N) is 1. The molecule has 2 aliphatic heterocycles. The van der Waals surface area contributed by atoms with Gasteiger partial charge in [0.05, 0.1) is 6.10 Å². The minimum absolute atomic E-state index is 0.521. The molecule has 3 heteroatoms. The lowest BCUT2D eigenvalue weighted by molar-refractivity contribution is -0.000251. The van der Waals surface area contributed by atoms with Gasteiger partial charge < -0.3 is 15.0 Å². The van der Waals surface area contributed by atoms with E-state index in [9.17, 15) is 0 Å². The summed E-state index contributed by atoms with van der Waals surface area (Å²) in [5.41, 5.74) is 0.547. The summed E-state index contributed by atoms with van der Waals surface area (Å²) < 4.78 is 5.75. The molecule has 3 nitrogen and oxygen atoms in total. The molecule has 0 aromatic heterocycles. The first-order valence-electron chi connectivity index (χ1n) is 8.33. The minimum atomic E-state index is 0.521. The Kier molecular flexibility index (Phi) is 6.11. The van der Waals surface area contributed by atoms with Gasteiger partial charge in [0.1, 0.15) is 0 Å². The summed E-state index contributed by atoms with van der Waals surface area (Å²) in [4.78, 5) is 2.69. The zero-order valence-electron chi connectivity index (χ0n) is 12.9. The van der Waals surface area contributed by atoms with Crippen LogP contribution in [-0.4, -0.2) is 50.3 Å². The minimum Gasteiger partial charge on any atom is -0.378 e. The van der Waals surface area contributed by atoms with Crippen LogP contribution in [0.25, 0.3) is 0 Å². The lowest BCUT2D eigenvalue weighted by Crippen LogP contribution is -2.49. The van der Waals surface area contributed by atoms with E-state index in [1.807, 2.05) is 0 Å². The van der Waals surface area contributed by atoms with Crippen LogP contribution in [0.15, 0.2) is 0 Å². The third-order valence-electron chi connectivity index (χ3n) is 4.84.